The predicted octanol–water partition coefficient (Wildman–Crippen LogP) is 3.80. The fourth-order valence-electron chi connectivity index (χ4n) is 3.10. The minimum Gasteiger partial charge on any atom is -0.342 e. The molecule has 1 saturated heterocycles. The second-order valence-corrected chi connectivity index (χ2v) is 7.27. The normalized spacial score (nSPS) is 24.1. The van der Waals surface area contributed by atoms with Crippen molar-refractivity contribution >= 4 is 17.7 Å². The van der Waals surface area contributed by atoms with Gasteiger partial charge in [0.15, 0.2) is 0 Å². The molecule has 3 heteroatoms. The Morgan fingerprint density at radius 1 is 1.20 bits per heavy atom. The molecule has 3 rings (SSSR count). The monoisotopic (exact) mass is 289 g/mol. The molecule has 0 radical (unpaired) electrons. The van der Waals surface area contributed by atoms with Gasteiger partial charge in [0.05, 0.1) is 0 Å². The van der Waals surface area contributed by atoms with Crippen molar-refractivity contribution in [3.63, 3.8) is 0 Å². The van der Waals surface area contributed by atoms with Gasteiger partial charge in [0.1, 0.15) is 0 Å². The molecule has 1 atom stereocenters. The first-order valence-corrected chi connectivity index (χ1v) is 8.76. The van der Waals surface area contributed by atoms with Crippen LogP contribution in [0.2, 0.25) is 0 Å². The van der Waals surface area contributed by atoms with E-state index in [1.165, 1.54) is 17.5 Å². The lowest BCUT2D eigenvalue weighted by Gasteiger charge is -2.30. The Labute approximate surface area is 125 Å². The SMILES string of the molecule is Cc1ccccc1[C@@H]1CCN(C(=O)C2CCC2)CCS1. The molecule has 2 aliphatic rings. The summed E-state index contributed by atoms with van der Waals surface area (Å²) in [6.45, 7) is 4.06. The summed E-state index contributed by atoms with van der Waals surface area (Å²) in [4.78, 5) is 14.5. The highest BCUT2D eigenvalue weighted by atomic mass is 32.2. The number of thioether (sulfide) groups is 1. The molecule has 0 unspecified atom stereocenters. The van der Waals surface area contributed by atoms with Gasteiger partial charge in [-0.3, -0.25) is 4.79 Å². The van der Waals surface area contributed by atoms with Gasteiger partial charge in [-0.05, 0) is 37.3 Å². The Bertz CT molecular complexity index is 484. The van der Waals surface area contributed by atoms with E-state index in [4.69, 9.17) is 0 Å². The topological polar surface area (TPSA) is 20.3 Å². The number of nitrogens with zero attached hydrogens (tertiary/aromatic N) is 1. The van der Waals surface area contributed by atoms with Crippen LogP contribution in [0, 0.1) is 12.8 Å². The van der Waals surface area contributed by atoms with E-state index in [0.717, 1.165) is 38.1 Å². The summed E-state index contributed by atoms with van der Waals surface area (Å²) < 4.78 is 0. The van der Waals surface area contributed by atoms with E-state index in [2.05, 4.69) is 36.1 Å². The minimum atomic E-state index is 0.343. The van der Waals surface area contributed by atoms with E-state index in [1.54, 1.807) is 0 Å². The van der Waals surface area contributed by atoms with Gasteiger partial charge < -0.3 is 4.90 Å². The molecule has 1 saturated carbocycles. The number of aryl methyl sites for hydroxylation is 1. The van der Waals surface area contributed by atoms with Gasteiger partial charge in [-0.15, -0.1) is 0 Å². The van der Waals surface area contributed by atoms with Gasteiger partial charge in [-0.2, -0.15) is 11.8 Å². The molecular weight excluding hydrogens is 266 g/mol. The molecule has 0 spiro atoms. The molecule has 1 heterocycles. The van der Waals surface area contributed by atoms with Crippen LogP contribution < -0.4 is 0 Å². The molecule has 108 valence electrons. The third kappa shape index (κ3) is 2.88. The van der Waals surface area contributed by atoms with Crippen LogP contribution >= 0.6 is 11.8 Å². The summed E-state index contributed by atoms with van der Waals surface area (Å²) >= 11 is 2.02. The molecule has 20 heavy (non-hydrogen) atoms. The molecule has 1 aromatic carbocycles. The van der Waals surface area contributed by atoms with Crippen LogP contribution in [-0.2, 0) is 4.79 Å². The van der Waals surface area contributed by atoms with Crippen LogP contribution in [0.25, 0.3) is 0 Å². The highest BCUT2D eigenvalue weighted by Crippen LogP contribution is 2.37. The molecule has 1 aliphatic heterocycles. The smallest absolute Gasteiger partial charge is 0.225 e. The maximum atomic E-state index is 12.4. The number of rotatable bonds is 2. The van der Waals surface area contributed by atoms with Crippen LogP contribution in [0.3, 0.4) is 0 Å². The van der Waals surface area contributed by atoms with Crippen molar-refractivity contribution in [1.29, 1.82) is 0 Å². The molecule has 0 N–H and O–H groups in total. The second kappa shape index (κ2) is 6.21. The number of carbonyl (C=O) groups excluding carboxylic acids is 1. The second-order valence-electron chi connectivity index (χ2n) is 5.96. The molecule has 0 aromatic heterocycles. The molecule has 0 bridgehead atoms. The first-order valence-electron chi connectivity index (χ1n) is 7.71. The van der Waals surface area contributed by atoms with E-state index in [-0.39, 0.29) is 0 Å². The number of benzene rings is 1. The third-order valence-electron chi connectivity index (χ3n) is 4.64. The first-order chi connectivity index (χ1) is 9.75. The summed E-state index contributed by atoms with van der Waals surface area (Å²) in [5.74, 6) is 1.83. The van der Waals surface area contributed by atoms with Gasteiger partial charge in [0.2, 0.25) is 5.91 Å². The first kappa shape index (κ1) is 14.0. The molecule has 1 aliphatic carbocycles. The van der Waals surface area contributed by atoms with Gasteiger partial charge in [-0.1, -0.05) is 30.7 Å². The zero-order chi connectivity index (χ0) is 13.9. The van der Waals surface area contributed by atoms with Crippen LogP contribution in [0.4, 0.5) is 0 Å². The molecule has 2 nitrogen and oxygen atoms in total. The van der Waals surface area contributed by atoms with Gasteiger partial charge >= 0.3 is 0 Å². The summed E-state index contributed by atoms with van der Waals surface area (Å²) in [5, 5.41) is 0.551. The number of carbonyl (C=O) groups is 1. The van der Waals surface area contributed by atoms with Crippen molar-refractivity contribution in [3.8, 4) is 0 Å². The Kier molecular flexibility index (Phi) is 4.35. The number of amides is 1. The Balaban J connectivity index is 1.64. The van der Waals surface area contributed by atoms with Crippen LogP contribution in [-0.4, -0.2) is 29.6 Å². The van der Waals surface area contributed by atoms with Gasteiger partial charge in [-0.25, -0.2) is 0 Å². The summed E-state index contributed by atoms with van der Waals surface area (Å²) in [6.07, 6.45) is 4.56. The maximum absolute atomic E-state index is 12.4. The Morgan fingerprint density at radius 3 is 2.70 bits per heavy atom. The average Bonchev–Trinajstić information content (AvgIpc) is 2.63. The molecular formula is C17H23NOS. The predicted molar refractivity (Wildman–Crippen MR) is 84.9 cm³/mol. The van der Waals surface area contributed by atoms with E-state index >= 15 is 0 Å². The fourth-order valence-corrected chi connectivity index (χ4v) is 4.43. The number of hydrogen-bond acceptors (Lipinski definition) is 2. The van der Waals surface area contributed by atoms with Crippen molar-refractivity contribution in [2.75, 3.05) is 18.8 Å². The largest absolute Gasteiger partial charge is 0.342 e. The van der Waals surface area contributed by atoms with Crippen LogP contribution in [0.1, 0.15) is 42.1 Å². The van der Waals surface area contributed by atoms with Gasteiger partial charge in [0.25, 0.3) is 0 Å². The summed E-state index contributed by atoms with van der Waals surface area (Å²) in [5.41, 5.74) is 2.83. The van der Waals surface area contributed by atoms with E-state index < -0.39 is 0 Å². The summed E-state index contributed by atoms with van der Waals surface area (Å²) in [7, 11) is 0. The zero-order valence-corrected chi connectivity index (χ0v) is 13.0. The van der Waals surface area contributed by atoms with Crippen LogP contribution in [0.15, 0.2) is 24.3 Å². The molecule has 2 fully saturated rings. The third-order valence-corrected chi connectivity index (χ3v) is 5.95. The zero-order valence-electron chi connectivity index (χ0n) is 12.2. The van der Waals surface area contributed by atoms with E-state index in [1.807, 2.05) is 11.8 Å². The van der Waals surface area contributed by atoms with Crippen molar-refractivity contribution in [1.82, 2.24) is 4.90 Å². The minimum absolute atomic E-state index is 0.343. The summed E-state index contributed by atoms with van der Waals surface area (Å²) in [6, 6.07) is 8.67. The average molecular weight is 289 g/mol. The number of hydrogen-bond donors (Lipinski definition) is 0. The molecule has 1 aromatic rings. The van der Waals surface area contributed by atoms with Crippen molar-refractivity contribution in [2.45, 2.75) is 37.9 Å². The van der Waals surface area contributed by atoms with Crippen molar-refractivity contribution in [3.05, 3.63) is 35.4 Å². The van der Waals surface area contributed by atoms with Crippen molar-refractivity contribution < 1.29 is 4.79 Å². The maximum Gasteiger partial charge on any atom is 0.225 e. The standard InChI is InChI=1S/C17H23NOS/c1-13-5-2-3-8-15(13)16-9-10-18(11-12-20-16)17(19)14-6-4-7-14/h2-3,5,8,14,16H,4,6-7,9-12H2,1H3/t16-/m0/s1. The van der Waals surface area contributed by atoms with Crippen LogP contribution in [0.5, 0.6) is 0 Å². The Morgan fingerprint density at radius 2 is 2.00 bits per heavy atom. The lowest BCUT2D eigenvalue weighted by Crippen LogP contribution is -2.40. The highest BCUT2D eigenvalue weighted by molar-refractivity contribution is 7.99. The van der Waals surface area contributed by atoms with E-state index in [0.29, 0.717) is 17.1 Å². The van der Waals surface area contributed by atoms with Gasteiger partial charge in [0, 0.05) is 30.0 Å². The lowest BCUT2D eigenvalue weighted by atomic mass is 9.84. The Hall–Kier alpha value is -0.960. The fraction of sp³-hybridized carbons (Fsp3) is 0.588. The van der Waals surface area contributed by atoms with Crippen molar-refractivity contribution in [2.24, 2.45) is 5.92 Å². The lowest BCUT2D eigenvalue weighted by molar-refractivity contribution is -0.137. The molecule has 1 amide bonds. The highest BCUT2D eigenvalue weighted by Gasteiger charge is 2.31. The quantitative estimate of drug-likeness (QED) is 0.825. The van der Waals surface area contributed by atoms with E-state index in [9.17, 15) is 4.79 Å².